The van der Waals surface area contributed by atoms with Gasteiger partial charge in [-0.1, -0.05) is 94.1 Å². The highest BCUT2D eigenvalue weighted by atomic mass is 16.4. The van der Waals surface area contributed by atoms with Crippen molar-refractivity contribution in [1.82, 2.24) is 0 Å². The fourth-order valence-corrected chi connectivity index (χ4v) is 1.99. The Morgan fingerprint density at radius 1 is 0.909 bits per heavy atom. The van der Waals surface area contributed by atoms with Gasteiger partial charge in [0.2, 0.25) is 0 Å². The van der Waals surface area contributed by atoms with E-state index < -0.39 is 5.97 Å². The van der Waals surface area contributed by atoms with Gasteiger partial charge in [0.1, 0.15) is 6.42 Å². The Balaban J connectivity index is 3.42. The number of unbranched alkanes of at least 4 members (excludes halogenated alkanes) is 8. The van der Waals surface area contributed by atoms with Crippen LogP contribution in [0.25, 0.3) is 0 Å². The van der Waals surface area contributed by atoms with Crippen LogP contribution in [0.2, 0.25) is 0 Å². The van der Waals surface area contributed by atoms with E-state index in [0.29, 0.717) is 0 Å². The average molecular weight is 302 g/mol. The zero-order chi connectivity index (χ0) is 16.3. The first-order chi connectivity index (χ1) is 10.8. The van der Waals surface area contributed by atoms with Gasteiger partial charge < -0.3 is 5.11 Å². The van der Waals surface area contributed by atoms with Gasteiger partial charge >= 0.3 is 5.97 Å². The summed E-state index contributed by atoms with van der Waals surface area (Å²) in [6.07, 6.45) is 23.5. The topological polar surface area (TPSA) is 37.3 Å². The maximum atomic E-state index is 10.2. The molecule has 0 aromatic carbocycles. The number of hydrogen-bond donors (Lipinski definition) is 1. The molecule has 0 saturated heterocycles. The molecule has 0 aliphatic carbocycles. The highest BCUT2D eigenvalue weighted by Crippen LogP contribution is 2.09. The summed E-state index contributed by atoms with van der Waals surface area (Å²) >= 11 is 0. The average Bonchev–Trinajstić information content (AvgIpc) is 2.50. The molecule has 0 amide bonds. The van der Waals surface area contributed by atoms with E-state index >= 15 is 0 Å². The first-order valence-electron chi connectivity index (χ1n) is 8.46. The quantitative estimate of drug-likeness (QED) is 0.287. The van der Waals surface area contributed by atoms with Gasteiger partial charge in [-0.25, -0.2) is 0 Å². The van der Waals surface area contributed by atoms with E-state index in [-0.39, 0.29) is 6.42 Å². The second kappa shape index (κ2) is 17.3. The van der Waals surface area contributed by atoms with Crippen molar-refractivity contribution in [2.75, 3.05) is 0 Å². The third kappa shape index (κ3) is 18.2. The molecule has 2 nitrogen and oxygen atoms in total. The smallest absolute Gasteiger partial charge is 0.315 e. The monoisotopic (exact) mass is 302 g/mol. The molecule has 0 rings (SSSR count). The maximum absolute atomic E-state index is 10.2. The van der Waals surface area contributed by atoms with Crippen LogP contribution in [0.4, 0.5) is 0 Å². The number of hydrogen-bond acceptors (Lipinski definition) is 1. The Labute approximate surface area is 136 Å². The van der Waals surface area contributed by atoms with Crippen molar-refractivity contribution in [2.24, 2.45) is 0 Å². The van der Waals surface area contributed by atoms with E-state index in [4.69, 9.17) is 5.11 Å². The molecule has 0 saturated carbocycles. The van der Waals surface area contributed by atoms with Crippen LogP contribution in [-0.2, 0) is 4.79 Å². The van der Waals surface area contributed by atoms with E-state index in [2.05, 4.69) is 30.9 Å². The normalized spacial score (nSPS) is 11.3. The van der Waals surface area contributed by atoms with E-state index in [1.807, 2.05) is 18.2 Å². The highest BCUT2D eigenvalue weighted by Gasteiger charge is 1.90. The molecule has 0 aromatic rings. The minimum atomic E-state index is -0.889. The number of aliphatic carboxylic acids is 1. The van der Waals surface area contributed by atoms with Crippen LogP contribution >= 0.6 is 0 Å². The third-order valence-corrected chi connectivity index (χ3v) is 3.21. The largest absolute Gasteiger partial charge is 0.481 e. The molecule has 22 heavy (non-hydrogen) atoms. The molecule has 0 aliphatic heterocycles. The lowest BCUT2D eigenvalue weighted by atomic mass is 10.1. The first-order valence-corrected chi connectivity index (χ1v) is 8.46. The molecule has 2 heteroatoms. The number of carboxylic acid groups (broad SMARTS) is 1. The van der Waals surface area contributed by atoms with Gasteiger partial charge in [-0.3, -0.25) is 4.79 Å². The summed E-state index contributed by atoms with van der Waals surface area (Å²) in [5.41, 5.74) is 0. The van der Waals surface area contributed by atoms with Gasteiger partial charge in [0.05, 0.1) is 0 Å². The molecule has 0 aromatic heterocycles. The number of allylic oxidation sites excluding steroid dienone is 6. The number of carbonyl (C=O) groups is 1. The van der Waals surface area contributed by atoms with E-state index in [0.717, 1.165) is 6.42 Å². The lowest BCUT2D eigenvalue weighted by Crippen LogP contribution is -1.89. The van der Waals surface area contributed by atoms with Gasteiger partial charge in [-0.05, 0) is 18.9 Å². The van der Waals surface area contributed by atoms with Crippen LogP contribution in [0.5, 0.6) is 0 Å². The van der Waals surface area contributed by atoms with Crippen molar-refractivity contribution in [3.8, 4) is 11.8 Å². The summed E-state index contributed by atoms with van der Waals surface area (Å²) in [6.45, 7) is 2.25. The van der Waals surface area contributed by atoms with Gasteiger partial charge in [0, 0.05) is 0 Å². The summed E-state index contributed by atoms with van der Waals surface area (Å²) in [4.78, 5) is 10.2. The molecule has 0 aliphatic rings. The summed E-state index contributed by atoms with van der Waals surface area (Å²) < 4.78 is 0. The third-order valence-electron chi connectivity index (χ3n) is 3.21. The van der Waals surface area contributed by atoms with Crippen molar-refractivity contribution in [2.45, 2.75) is 71.1 Å². The molecule has 1 N–H and O–H groups in total. The van der Waals surface area contributed by atoms with Crippen molar-refractivity contribution in [3.05, 3.63) is 36.5 Å². The van der Waals surface area contributed by atoms with Gasteiger partial charge in [0.25, 0.3) is 0 Å². The standard InChI is InChI=1S/C20H30O2/c1-2-3-4-5-6-7-8-9-10-11-12-13-14-15-16-17-18-19-20(21)22/h11-16H,2-10,19H2,1H3,(H,21,22)/b12-11+,14-13-,16-15+. The fourth-order valence-electron chi connectivity index (χ4n) is 1.99. The number of carboxylic acids is 1. The minimum Gasteiger partial charge on any atom is -0.481 e. The highest BCUT2D eigenvalue weighted by molar-refractivity contribution is 5.69. The molecule has 0 unspecified atom stereocenters. The van der Waals surface area contributed by atoms with E-state index in [9.17, 15) is 4.79 Å². The fraction of sp³-hybridized carbons (Fsp3) is 0.550. The van der Waals surface area contributed by atoms with E-state index in [1.165, 1.54) is 51.4 Å². The molecule has 0 spiro atoms. The zero-order valence-corrected chi connectivity index (χ0v) is 13.9. The summed E-state index contributed by atoms with van der Waals surface area (Å²) in [5, 5.41) is 8.39. The van der Waals surface area contributed by atoms with Crippen molar-refractivity contribution < 1.29 is 9.90 Å². The van der Waals surface area contributed by atoms with Crippen LogP contribution in [0.15, 0.2) is 36.5 Å². The van der Waals surface area contributed by atoms with Crippen molar-refractivity contribution in [1.29, 1.82) is 0 Å². The zero-order valence-electron chi connectivity index (χ0n) is 13.9. The summed E-state index contributed by atoms with van der Waals surface area (Å²) in [6, 6.07) is 0. The van der Waals surface area contributed by atoms with Crippen LogP contribution in [0.3, 0.4) is 0 Å². The predicted molar refractivity (Wildman–Crippen MR) is 94.7 cm³/mol. The molecule has 0 heterocycles. The van der Waals surface area contributed by atoms with Gasteiger partial charge in [0.15, 0.2) is 0 Å². The van der Waals surface area contributed by atoms with Crippen molar-refractivity contribution >= 4 is 5.97 Å². The van der Waals surface area contributed by atoms with Gasteiger partial charge in [-0.2, -0.15) is 0 Å². The van der Waals surface area contributed by atoms with E-state index in [1.54, 1.807) is 6.08 Å². The lowest BCUT2D eigenvalue weighted by molar-refractivity contribution is -0.135. The Morgan fingerprint density at radius 3 is 2.23 bits per heavy atom. The Kier molecular flexibility index (Phi) is 15.9. The number of rotatable bonds is 12. The Bertz CT molecular complexity index is 405. The first kappa shape index (κ1) is 20.2. The molecule has 0 fully saturated rings. The molecular formula is C20H30O2. The minimum absolute atomic E-state index is 0.105. The second-order valence-corrected chi connectivity index (χ2v) is 5.33. The summed E-state index contributed by atoms with van der Waals surface area (Å²) in [7, 11) is 0. The molecule has 0 atom stereocenters. The maximum Gasteiger partial charge on any atom is 0.315 e. The SMILES string of the molecule is CCCCCCCCCC/C=C/C=C\C=C\C#CCC(=O)O. The lowest BCUT2D eigenvalue weighted by Gasteiger charge is -1.99. The van der Waals surface area contributed by atoms with Crippen LogP contribution in [-0.4, -0.2) is 11.1 Å². The molecule has 0 bridgehead atoms. The van der Waals surface area contributed by atoms with Crippen LogP contribution in [0, 0.1) is 11.8 Å². The van der Waals surface area contributed by atoms with Crippen LogP contribution in [0.1, 0.15) is 71.1 Å². The summed E-state index contributed by atoms with van der Waals surface area (Å²) in [5.74, 6) is 4.33. The van der Waals surface area contributed by atoms with Crippen LogP contribution < -0.4 is 0 Å². The predicted octanol–water partition coefficient (Wildman–Crippen LogP) is 5.66. The van der Waals surface area contributed by atoms with Crippen molar-refractivity contribution in [3.63, 3.8) is 0 Å². The molecular weight excluding hydrogens is 272 g/mol. The molecule has 0 radical (unpaired) electrons. The Hall–Kier alpha value is -1.75. The second-order valence-electron chi connectivity index (χ2n) is 5.33. The van der Waals surface area contributed by atoms with Gasteiger partial charge in [-0.15, -0.1) is 0 Å². The Morgan fingerprint density at radius 2 is 1.55 bits per heavy atom. The molecule has 122 valence electrons.